The molecule has 0 bridgehead atoms. The van der Waals surface area contributed by atoms with Crippen LogP contribution in [0.1, 0.15) is 18.1 Å². The van der Waals surface area contributed by atoms with Crippen molar-refractivity contribution in [1.29, 1.82) is 0 Å². The normalized spacial score (nSPS) is 20.4. The lowest BCUT2D eigenvalue weighted by Crippen LogP contribution is -2.26. The number of aryl methyl sites for hydroxylation is 1. The van der Waals surface area contributed by atoms with E-state index in [1.54, 1.807) is 0 Å². The summed E-state index contributed by atoms with van der Waals surface area (Å²) in [6.07, 6.45) is 3.73. The molecule has 0 saturated heterocycles. The Kier molecular flexibility index (Phi) is 3.83. The average molecular weight is 235 g/mol. The maximum atomic E-state index is 4.51. The van der Waals surface area contributed by atoms with Crippen molar-refractivity contribution in [3.8, 4) is 0 Å². The Hall–Kier alpha value is -1.03. The molecule has 16 heavy (non-hydrogen) atoms. The van der Waals surface area contributed by atoms with Crippen LogP contribution in [0.3, 0.4) is 0 Å². The molecular formula is C12H17N3S. The highest BCUT2D eigenvalue weighted by Crippen LogP contribution is 2.16. The zero-order chi connectivity index (χ0) is 11.4. The van der Waals surface area contributed by atoms with Gasteiger partial charge in [0.15, 0.2) is 5.17 Å². The van der Waals surface area contributed by atoms with E-state index >= 15 is 0 Å². The second-order valence-electron chi connectivity index (χ2n) is 4.22. The third kappa shape index (κ3) is 2.98. The lowest BCUT2D eigenvalue weighted by molar-refractivity contribution is 0.669. The Morgan fingerprint density at radius 2 is 2.44 bits per heavy atom. The molecule has 1 aromatic heterocycles. The van der Waals surface area contributed by atoms with Crippen molar-refractivity contribution >= 4 is 16.9 Å². The smallest absolute Gasteiger partial charge is 0.156 e. The van der Waals surface area contributed by atoms with Crippen LogP contribution in [0.15, 0.2) is 23.5 Å². The number of pyridine rings is 1. The first kappa shape index (κ1) is 11.5. The fraction of sp³-hybridized carbons (Fsp3) is 0.500. The van der Waals surface area contributed by atoms with E-state index in [0.717, 1.165) is 18.3 Å². The van der Waals surface area contributed by atoms with Gasteiger partial charge >= 0.3 is 0 Å². The largest absolute Gasteiger partial charge is 0.361 e. The summed E-state index contributed by atoms with van der Waals surface area (Å²) in [6, 6.07) is 2.05. The van der Waals surface area contributed by atoms with Crippen LogP contribution < -0.4 is 5.32 Å². The highest BCUT2D eigenvalue weighted by molar-refractivity contribution is 8.13. The molecule has 3 nitrogen and oxygen atoms in total. The van der Waals surface area contributed by atoms with Gasteiger partial charge in [0, 0.05) is 31.2 Å². The Labute approximate surface area is 101 Å². The molecule has 2 rings (SSSR count). The first-order valence-corrected chi connectivity index (χ1v) is 6.55. The number of rotatable bonds is 2. The zero-order valence-electron chi connectivity index (χ0n) is 9.73. The third-order valence-corrected chi connectivity index (χ3v) is 3.90. The van der Waals surface area contributed by atoms with Crippen LogP contribution in [-0.2, 0) is 6.54 Å². The molecule has 0 spiro atoms. The van der Waals surface area contributed by atoms with Crippen molar-refractivity contribution in [2.24, 2.45) is 10.9 Å². The molecule has 0 fully saturated rings. The fourth-order valence-electron chi connectivity index (χ4n) is 1.54. The highest BCUT2D eigenvalue weighted by atomic mass is 32.2. The van der Waals surface area contributed by atoms with E-state index in [9.17, 15) is 0 Å². The predicted octanol–water partition coefficient (Wildman–Crippen LogP) is 2.22. The van der Waals surface area contributed by atoms with Crippen LogP contribution in [0.25, 0.3) is 0 Å². The Bertz CT molecular complexity index is 390. The van der Waals surface area contributed by atoms with Crippen LogP contribution in [0.5, 0.6) is 0 Å². The van der Waals surface area contributed by atoms with Crippen LogP contribution in [0, 0.1) is 12.8 Å². The maximum absolute atomic E-state index is 4.51. The zero-order valence-corrected chi connectivity index (χ0v) is 10.5. The van der Waals surface area contributed by atoms with Gasteiger partial charge in [-0.3, -0.25) is 9.98 Å². The molecule has 86 valence electrons. The second kappa shape index (κ2) is 5.34. The summed E-state index contributed by atoms with van der Waals surface area (Å²) >= 11 is 1.82. The molecule has 1 N–H and O–H groups in total. The van der Waals surface area contributed by atoms with Gasteiger partial charge in [-0.1, -0.05) is 18.7 Å². The van der Waals surface area contributed by atoms with Crippen molar-refractivity contribution in [3.63, 3.8) is 0 Å². The summed E-state index contributed by atoms with van der Waals surface area (Å²) in [5.41, 5.74) is 2.52. The van der Waals surface area contributed by atoms with E-state index in [1.807, 2.05) is 24.2 Å². The van der Waals surface area contributed by atoms with E-state index < -0.39 is 0 Å². The van der Waals surface area contributed by atoms with Crippen LogP contribution >= 0.6 is 11.8 Å². The minimum absolute atomic E-state index is 0.707. The first-order chi connectivity index (χ1) is 7.75. The topological polar surface area (TPSA) is 37.3 Å². The number of nitrogens with zero attached hydrogens (tertiary/aromatic N) is 2. The van der Waals surface area contributed by atoms with Gasteiger partial charge in [0.25, 0.3) is 0 Å². The molecule has 1 aliphatic heterocycles. The van der Waals surface area contributed by atoms with Gasteiger partial charge < -0.3 is 5.32 Å². The van der Waals surface area contributed by atoms with Gasteiger partial charge in [0.1, 0.15) is 0 Å². The van der Waals surface area contributed by atoms with E-state index in [4.69, 9.17) is 0 Å². The minimum atomic E-state index is 0.707. The van der Waals surface area contributed by atoms with Crippen LogP contribution in [0.4, 0.5) is 0 Å². The summed E-state index contributed by atoms with van der Waals surface area (Å²) in [7, 11) is 0. The van der Waals surface area contributed by atoms with E-state index in [1.165, 1.54) is 16.9 Å². The van der Waals surface area contributed by atoms with Gasteiger partial charge in [0.05, 0.1) is 0 Å². The number of aliphatic imine (C=N–C) groups is 1. The van der Waals surface area contributed by atoms with Crippen molar-refractivity contribution in [3.05, 3.63) is 29.6 Å². The molecule has 0 amide bonds. The standard InChI is InChI=1S/C12H17N3S/c1-9-5-14-12(16-8-9)15-7-11-3-4-13-6-10(11)2/h3-4,6,9H,5,7-8H2,1-2H3,(H,14,15). The van der Waals surface area contributed by atoms with Crippen molar-refractivity contribution in [1.82, 2.24) is 10.3 Å². The molecule has 2 heterocycles. The van der Waals surface area contributed by atoms with Gasteiger partial charge in [-0.2, -0.15) is 0 Å². The van der Waals surface area contributed by atoms with Crippen molar-refractivity contribution in [2.45, 2.75) is 20.4 Å². The molecular weight excluding hydrogens is 218 g/mol. The number of hydrogen-bond donors (Lipinski definition) is 1. The lowest BCUT2D eigenvalue weighted by Gasteiger charge is -2.18. The predicted molar refractivity (Wildman–Crippen MR) is 69.7 cm³/mol. The van der Waals surface area contributed by atoms with Gasteiger partial charge in [-0.05, 0) is 30.0 Å². The Morgan fingerprint density at radius 1 is 1.56 bits per heavy atom. The average Bonchev–Trinajstić information content (AvgIpc) is 2.30. The monoisotopic (exact) mass is 235 g/mol. The SMILES string of the molecule is Cc1cnccc1CNC1=NCC(C)CS1. The third-order valence-electron chi connectivity index (χ3n) is 2.62. The number of nitrogens with one attached hydrogen (secondary N) is 1. The molecule has 0 aromatic carbocycles. The summed E-state index contributed by atoms with van der Waals surface area (Å²) in [4.78, 5) is 8.59. The van der Waals surface area contributed by atoms with Gasteiger partial charge in [-0.25, -0.2) is 0 Å². The van der Waals surface area contributed by atoms with Crippen LogP contribution in [0.2, 0.25) is 0 Å². The van der Waals surface area contributed by atoms with Crippen LogP contribution in [-0.4, -0.2) is 22.4 Å². The molecule has 4 heteroatoms. The number of aromatic nitrogens is 1. The minimum Gasteiger partial charge on any atom is -0.361 e. The number of hydrogen-bond acceptors (Lipinski definition) is 4. The second-order valence-corrected chi connectivity index (χ2v) is 5.23. The van der Waals surface area contributed by atoms with E-state index in [-0.39, 0.29) is 0 Å². The molecule has 1 aromatic rings. The summed E-state index contributed by atoms with van der Waals surface area (Å²) in [6.45, 7) is 6.11. The summed E-state index contributed by atoms with van der Waals surface area (Å²) in [5, 5.41) is 4.46. The Balaban J connectivity index is 1.91. The molecule has 0 radical (unpaired) electrons. The summed E-state index contributed by atoms with van der Waals surface area (Å²) < 4.78 is 0. The summed E-state index contributed by atoms with van der Waals surface area (Å²) in [5.74, 6) is 1.87. The quantitative estimate of drug-likeness (QED) is 0.854. The fourth-order valence-corrected chi connectivity index (χ4v) is 2.42. The van der Waals surface area contributed by atoms with E-state index in [2.05, 4.69) is 35.2 Å². The number of amidine groups is 1. The molecule has 0 aliphatic carbocycles. The number of thioether (sulfide) groups is 1. The molecule has 1 atom stereocenters. The maximum Gasteiger partial charge on any atom is 0.156 e. The first-order valence-electron chi connectivity index (χ1n) is 5.56. The van der Waals surface area contributed by atoms with Gasteiger partial charge in [0.2, 0.25) is 0 Å². The van der Waals surface area contributed by atoms with Gasteiger partial charge in [-0.15, -0.1) is 0 Å². The Morgan fingerprint density at radius 3 is 3.12 bits per heavy atom. The lowest BCUT2D eigenvalue weighted by atomic mass is 10.2. The molecule has 0 saturated carbocycles. The molecule has 1 aliphatic rings. The van der Waals surface area contributed by atoms with Crippen molar-refractivity contribution < 1.29 is 0 Å². The van der Waals surface area contributed by atoms with E-state index in [0.29, 0.717) is 5.92 Å². The molecule has 1 unspecified atom stereocenters. The van der Waals surface area contributed by atoms with Crippen molar-refractivity contribution in [2.75, 3.05) is 12.3 Å². The highest BCUT2D eigenvalue weighted by Gasteiger charge is 2.11.